The van der Waals surface area contributed by atoms with Gasteiger partial charge in [0.25, 0.3) is 0 Å². The van der Waals surface area contributed by atoms with Crippen LogP contribution in [0.25, 0.3) is 21.8 Å². The van der Waals surface area contributed by atoms with E-state index in [1.54, 1.807) is 0 Å². The van der Waals surface area contributed by atoms with Crippen molar-refractivity contribution in [3.05, 3.63) is 54.6 Å². The average Bonchev–Trinajstić information content (AvgIpc) is 2.59. The third-order valence-corrected chi connectivity index (χ3v) is 3.71. The Morgan fingerprint density at radius 1 is 0.778 bits per heavy atom. The molecular formula is C19H17NO7. The van der Waals surface area contributed by atoms with Crippen LogP contribution >= 0.6 is 0 Å². The second-order valence-corrected chi connectivity index (χ2v) is 5.85. The molecule has 27 heavy (non-hydrogen) atoms. The summed E-state index contributed by atoms with van der Waals surface area (Å²) in [5, 5.41) is 36.2. The van der Waals surface area contributed by atoms with Gasteiger partial charge in [-0.3, -0.25) is 9.59 Å². The van der Waals surface area contributed by atoms with Gasteiger partial charge in [0.05, 0.1) is 23.9 Å². The van der Waals surface area contributed by atoms with E-state index in [0.29, 0.717) is 0 Å². The van der Waals surface area contributed by atoms with Crippen LogP contribution in [0.1, 0.15) is 12.8 Å². The quantitative estimate of drug-likeness (QED) is 0.499. The minimum atomic E-state index is -2.74. The highest BCUT2D eigenvalue weighted by Gasteiger charge is 2.40. The molecule has 140 valence electrons. The number of carboxylic acids is 3. The van der Waals surface area contributed by atoms with Gasteiger partial charge in [-0.05, 0) is 18.2 Å². The zero-order valence-corrected chi connectivity index (χ0v) is 14.1. The van der Waals surface area contributed by atoms with E-state index in [1.807, 2.05) is 36.4 Å². The summed E-state index contributed by atoms with van der Waals surface area (Å²) in [5.74, 6) is -5.02. The summed E-state index contributed by atoms with van der Waals surface area (Å²) in [5.41, 5.74) is -0.616. The van der Waals surface area contributed by atoms with Crippen LogP contribution in [0.5, 0.6) is 0 Å². The molecule has 8 nitrogen and oxygen atoms in total. The highest BCUT2D eigenvalue weighted by molar-refractivity contribution is 5.92. The standard InChI is InChI=1S/C13H9N.C6H8O7/c1-3-7-12-10(5-1)9-11-6-2-4-8-13(11)14-12;7-3(8)1-6(13,5(11)12)2-4(9)10/h1-9H;13H,1-2H2,(H,7,8)(H,9,10)(H,11,12). The smallest absolute Gasteiger partial charge is 0.336 e. The molecule has 0 aliphatic rings. The molecule has 3 rings (SSSR count). The molecule has 0 saturated heterocycles. The predicted octanol–water partition coefficient (Wildman–Crippen LogP) is 2.14. The number of hydrogen-bond donors (Lipinski definition) is 4. The highest BCUT2D eigenvalue weighted by atomic mass is 16.4. The van der Waals surface area contributed by atoms with Gasteiger partial charge in [0.2, 0.25) is 0 Å². The van der Waals surface area contributed by atoms with Crippen molar-refractivity contribution in [2.75, 3.05) is 0 Å². The van der Waals surface area contributed by atoms with Crippen LogP contribution in [-0.4, -0.2) is 48.9 Å². The minimum Gasteiger partial charge on any atom is -0.481 e. The molecule has 0 saturated carbocycles. The Bertz CT molecular complexity index is 878. The lowest BCUT2D eigenvalue weighted by atomic mass is 9.96. The van der Waals surface area contributed by atoms with Crippen LogP contribution in [-0.2, 0) is 14.4 Å². The Morgan fingerprint density at radius 2 is 1.19 bits per heavy atom. The first-order chi connectivity index (χ1) is 12.7. The van der Waals surface area contributed by atoms with Gasteiger partial charge in [-0.1, -0.05) is 36.4 Å². The highest BCUT2D eigenvalue weighted by Crippen LogP contribution is 2.18. The van der Waals surface area contributed by atoms with Crippen LogP contribution in [0.2, 0.25) is 0 Å². The third-order valence-electron chi connectivity index (χ3n) is 3.71. The van der Waals surface area contributed by atoms with E-state index in [2.05, 4.69) is 23.2 Å². The van der Waals surface area contributed by atoms with Crippen LogP contribution in [0, 0.1) is 0 Å². The Labute approximate surface area is 153 Å². The predicted molar refractivity (Wildman–Crippen MR) is 96.3 cm³/mol. The maximum absolute atomic E-state index is 10.3. The van der Waals surface area contributed by atoms with Gasteiger partial charge in [0.1, 0.15) is 0 Å². The number of aliphatic carboxylic acids is 3. The number of fused-ring (bicyclic) bond motifs is 2. The van der Waals surface area contributed by atoms with Crippen molar-refractivity contribution < 1.29 is 34.8 Å². The summed E-state index contributed by atoms with van der Waals surface area (Å²) < 4.78 is 0. The van der Waals surface area contributed by atoms with Crippen molar-refractivity contribution >= 4 is 39.7 Å². The number of hydrogen-bond acceptors (Lipinski definition) is 5. The largest absolute Gasteiger partial charge is 0.481 e. The number of rotatable bonds is 5. The van der Waals surface area contributed by atoms with Crippen molar-refractivity contribution in [1.29, 1.82) is 0 Å². The molecule has 0 unspecified atom stereocenters. The molecule has 0 amide bonds. The minimum absolute atomic E-state index is 1.06. The van der Waals surface area contributed by atoms with Crippen molar-refractivity contribution in [1.82, 2.24) is 4.98 Å². The zero-order valence-electron chi connectivity index (χ0n) is 14.1. The molecular weight excluding hydrogens is 354 g/mol. The van der Waals surface area contributed by atoms with Crippen LogP contribution in [0.15, 0.2) is 54.6 Å². The molecule has 0 aliphatic carbocycles. The summed E-state index contributed by atoms with van der Waals surface area (Å²) in [6.07, 6.45) is -2.29. The summed E-state index contributed by atoms with van der Waals surface area (Å²) in [7, 11) is 0. The molecule has 8 heteroatoms. The monoisotopic (exact) mass is 371 g/mol. The Kier molecular flexibility index (Phi) is 6.04. The van der Waals surface area contributed by atoms with Gasteiger partial charge in [-0.2, -0.15) is 0 Å². The number of carboxylic acid groups (broad SMARTS) is 3. The first-order valence-electron chi connectivity index (χ1n) is 7.85. The molecule has 2 aromatic carbocycles. The third kappa shape index (κ3) is 5.23. The number of carbonyl (C=O) groups is 3. The first kappa shape index (κ1) is 19.8. The second kappa shape index (κ2) is 8.24. The van der Waals surface area contributed by atoms with Crippen molar-refractivity contribution in [2.45, 2.75) is 18.4 Å². The van der Waals surface area contributed by atoms with E-state index < -0.39 is 36.4 Å². The molecule has 0 atom stereocenters. The molecule has 0 radical (unpaired) electrons. The summed E-state index contributed by atoms with van der Waals surface area (Å²) in [4.78, 5) is 35.1. The van der Waals surface area contributed by atoms with Gasteiger partial charge < -0.3 is 20.4 Å². The van der Waals surface area contributed by atoms with Crippen LogP contribution in [0.4, 0.5) is 0 Å². The van der Waals surface area contributed by atoms with E-state index in [1.165, 1.54) is 10.8 Å². The number of para-hydroxylation sites is 2. The Morgan fingerprint density at radius 3 is 1.56 bits per heavy atom. The number of benzene rings is 2. The molecule has 0 aliphatic heterocycles. The van der Waals surface area contributed by atoms with E-state index in [4.69, 9.17) is 20.4 Å². The lowest BCUT2D eigenvalue weighted by molar-refractivity contribution is -0.170. The maximum atomic E-state index is 10.3. The molecule has 0 bridgehead atoms. The van der Waals surface area contributed by atoms with E-state index in [9.17, 15) is 14.4 Å². The summed E-state index contributed by atoms with van der Waals surface area (Å²) in [6.45, 7) is 0. The fraction of sp³-hybridized carbons (Fsp3) is 0.158. The second-order valence-electron chi connectivity index (χ2n) is 5.85. The van der Waals surface area contributed by atoms with E-state index in [0.717, 1.165) is 11.0 Å². The SMILES string of the molecule is O=C(O)CC(O)(CC(=O)O)C(=O)O.c1ccc2nc3ccccc3cc2c1. The molecule has 0 fully saturated rings. The maximum Gasteiger partial charge on any atom is 0.336 e. The molecule has 4 N–H and O–H groups in total. The zero-order chi connectivity index (χ0) is 20.0. The molecule has 3 aromatic rings. The van der Waals surface area contributed by atoms with Crippen molar-refractivity contribution in [3.8, 4) is 0 Å². The molecule has 1 aromatic heterocycles. The topological polar surface area (TPSA) is 145 Å². The van der Waals surface area contributed by atoms with Gasteiger partial charge in [-0.25, -0.2) is 9.78 Å². The van der Waals surface area contributed by atoms with Crippen LogP contribution in [0.3, 0.4) is 0 Å². The summed E-state index contributed by atoms with van der Waals surface area (Å²) >= 11 is 0. The van der Waals surface area contributed by atoms with Gasteiger partial charge in [-0.15, -0.1) is 0 Å². The Hall–Kier alpha value is -3.52. The number of nitrogens with zero attached hydrogens (tertiary/aromatic N) is 1. The normalized spacial score (nSPS) is 10.9. The Balaban J connectivity index is 0.000000195. The van der Waals surface area contributed by atoms with Gasteiger partial charge in [0.15, 0.2) is 5.60 Å². The lowest BCUT2D eigenvalue weighted by Gasteiger charge is -2.18. The number of aromatic nitrogens is 1. The molecule has 0 spiro atoms. The summed E-state index contributed by atoms with van der Waals surface area (Å²) in [6, 6.07) is 18.6. The van der Waals surface area contributed by atoms with E-state index >= 15 is 0 Å². The fourth-order valence-electron chi connectivity index (χ4n) is 2.43. The van der Waals surface area contributed by atoms with Crippen molar-refractivity contribution in [3.63, 3.8) is 0 Å². The van der Waals surface area contributed by atoms with E-state index in [-0.39, 0.29) is 0 Å². The van der Waals surface area contributed by atoms with Gasteiger partial charge >= 0.3 is 17.9 Å². The van der Waals surface area contributed by atoms with Crippen LogP contribution < -0.4 is 0 Å². The number of pyridine rings is 1. The number of aliphatic hydroxyl groups is 1. The van der Waals surface area contributed by atoms with Gasteiger partial charge in [0, 0.05) is 10.8 Å². The fourth-order valence-corrected chi connectivity index (χ4v) is 2.43. The van der Waals surface area contributed by atoms with Crippen molar-refractivity contribution in [2.24, 2.45) is 0 Å². The lowest BCUT2D eigenvalue weighted by Crippen LogP contribution is -2.42. The first-order valence-corrected chi connectivity index (χ1v) is 7.85. The molecule has 1 heterocycles. The average molecular weight is 371 g/mol.